The fraction of sp³-hybridized carbons (Fsp3) is 0.450. The summed E-state index contributed by atoms with van der Waals surface area (Å²) in [4.78, 5) is 17.6. The minimum atomic E-state index is -4.38. The number of amides is 1. The van der Waals surface area contributed by atoms with E-state index in [4.69, 9.17) is 16.3 Å². The number of hydrogen-bond acceptors (Lipinski definition) is 7. The van der Waals surface area contributed by atoms with Gasteiger partial charge in [-0.1, -0.05) is 11.6 Å². The largest absolute Gasteiger partial charge is 0.396 e. The molecule has 33 heavy (non-hydrogen) atoms. The predicted molar refractivity (Wildman–Crippen MR) is 120 cm³/mol. The number of alkyl halides is 3. The van der Waals surface area contributed by atoms with E-state index < -0.39 is 30.3 Å². The van der Waals surface area contributed by atoms with Crippen LogP contribution in [0.3, 0.4) is 0 Å². The number of carbonyl (C=O) groups is 1. The molecule has 1 atom stereocenters. The highest BCUT2D eigenvalue weighted by atomic mass is 35.5. The maximum Gasteiger partial charge on any atom is 0.396 e. The van der Waals surface area contributed by atoms with E-state index in [1.807, 2.05) is 20.9 Å². The lowest BCUT2D eigenvalue weighted by Gasteiger charge is -2.29. The summed E-state index contributed by atoms with van der Waals surface area (Å²) in [5, 5.41) is 5.73. The van der Waals surface area contributed by atoms with Gasteiger partial charge in [0.15, 0.2) is 0 Å². The van der Waals surface area contributed by atoms with E-state index in [-0.39, 0.29) is 10.7 Å². The molecule has 1 unspecified atom stereocenters. The van der Waals surface area contributed by atoms with Crippen molar-refractivity contribution in [2.45, 2.75) is 45.0 Å². The normalized spacial score (nSPS) is 16.5. The molecule has 1 amide bonds. The molecule has 0 fully saturated rings. The predicted octanol–water partition coefficient (Wildman–Crippen LogP) is 4.29. The minimum Gasteiger partial charge on any atom is -0.357 e. The van der Waals surface area contributed by atoms with Crippen LogP contribution in [0.15, 0.2) is 29.3 Å². The second-order valence-electron chi connectivity index (χ2n) is 8.12. The van der Waals surface area contributed by atoms with Crippen LogP contribution in [0, 0.1) is 19.3 Å². The van der Waals surface area contributed by atoms with Crippen LogP contribution < -0.4 is 15.2 Å². The lowest BCUT2D eigenvalue weighted by Crippen LogP contribution is -2.42. The van der Waals surface area contributed by atoms with E-state index >= 15 is 0 Å². The molecule has 2 aromatic rings. The minimum absolute atomic E-state index is 0.0250. The Morgan fingerprint density at radius 1 is 1.33 bits per heavy atom. The zero-order valence-electron chi connectivity index (χ0n) is 18.6. The number of halogens is 4. The van der Waals surface area contributed by atoms with Gasteiger partial charge in [-0.25, -0.2) is 4.98 Å². The van der Waals surface area contributed by atoms with Gasteiger partial charge in [0.1, 0.15) is 17.2 Å². The summed E-state index contributed by atoms with van der Waals surface area (Å²) >= 11 is 7.37. The maximum absolute atomic E-state index is 13.0. The zero-order valence-corrected chi connectivity index (χ0v) is 20.2. The van der Waals surface area contributed by atoms with E-state index in [1.54, 1.807) is 23.0 Å². The van der Waals surface area contributed by atoms with Gasteiger partial charge in [0, 0.05) is 13.2 Å². The summed E-state index contributed by atoms with van der Waals surface area (Å²) in [5.74, 6) is -0.0761. The Morgan fingerprint density at radius 3 is 2.61 bits per heavy atom. The molecule has 0 bridgehead atoms. The molecule has 0 saturated carbocycles. The van der Waals surface area contributed by atoms with Gasteiger partial charge in [0.05, 0.1) is 33.9 Å². The molecule has 0 saturated heterocycles. The highest BCUT2D eigenvalue weighted by molar-refractivity contribution is 7.98. The fourth-order valence-corrected chi connectivity index (χ4v) is 3.79. The van der Waals surface area contributed by atoms with Crippen molar-refractivity contribution in [2.24, 2.45) is 12.5 Å². The van der Waals surface area contributed by atoms with Gasteiger partial charge in [-0.3, -0.25) is 19.2 Å². The summed E-state index contributed by atoms with van der Waals surface area (Å²) in [6.07, 6.45) is -2.03. The Kier molecular flexibility index (Phi) is 7.32. The number of anilines is 1. The number of hydrazine groups is 1. The van der Waals surface area contributed by atoms with Crippen LogP contribution in [-0.4, -0.2) is 39.7 Å². The van der Waals surface area contributed by atoms with Crippen LogP contribution in [0.1, 0.15) is 35.6 Å². The van der Waals surface area contributed by atoms with Crippen molar-refractivity contribution in [3.05, 3.63) is 46.5 Å². The summed E-state index contributed by atoms with van der Waals surface area (Å²) in [6.45, 7) is 5.37. The molecule has 1 aliphatic heterocycles. The third-order valence-electron chi connectivity index (χ3n) is 5.08. The molecule has 3 heterocycles. The van der Waals surface area contributed by atoms with Crippen molar-refractivity contribution in [1.82, 2.24) is 24.9 Å². The first kappa shape index (κ1) is 25.3. The molecular weight excluding hydrogens is 481 g/mol. The standard InChI is InChI=1S/C20H24ClF3N6O2S/c1-11-16(12(2)29(5)26-11)33-28-18(31)13-6-7-14(25-17(13)21)30-9-8-15(27-30)32-10-19(3,4)20(22,23)24/h6-9,15,27H,10H2,1-5H3,(H,28,31). The molecule has 0 spiro atoms. The van der Waals surface area contributed by atoms with Crippen LogP contribution in [0.25, 0.3) is 0 Å². The maximum atomic E-state index is 13.0. The van der Waals surface area contributed by atoms with Gasteiger partial charge in [-0.15, -0.1) is 0 Å². The number of aromatic nitrogens is 3. The van der Waals surface area contributed by atoms with Crippen LogP contribution in [-0.2, 0) is 11.8 Å². The van der Waals surface area contributed by atoms with E-state index in [0.717, 1.165) is 42.1 Å². The zero-order chi connectivity index (χ0) is 24.6. The topological polar surface area (TPSA) is 84.3 Å². The second-order valence-corrected chi connectivity index (χ2v) is 9.29. The smallest absolute Gasteiger partial charge is 0.357 e. The van der Waals surface area contributed by atoms with Crippen molar-refractivity contribution in [3.63, 3.8) is 0 Å². The van der Waals surface area contributed by atoms with E-state index in [1.165, 1.54) is 11.1 Å². The fourth-order valence-electron chi connectivity index (χ4n) is 2.79. The van der Waals surface area contributed by atoms with Gasteiger partial charge in [0.2, 0.25) is 0 Å². The number of nitrogens with one attached hydrogen (secondary N) is 2. The molecule has 0 aromatic carbocycles. The Labute approximate surface area is 198 Å². The molecule has 8 nitrogen and oxygen atoms in total. The number of ether oxygens (including phenoxy) is 1. The third kappa shape index (κ3) is 5.62. The number of aryl methyl sites for hydroxylation is 2. The van der Waals surface area contributed by atoms with E-state index in [0.29, 0.717) is 5.82 Å². The molecule has 3 rings (SSSR count). The highest BCUT2D eigenvalue weighted by Crippen LogP contribution is 2.38. The van der Waals surface area contributed by atoms with Crippen LogP contribution in [0.4, 0.5) is 19.0 Å². The molecule has 2 aromatic heterocycles. The number of carbonyl (C=O) groups excluding carboxylic acids is 1. The average molecular weight is 505 g/mol. The molecule has 180 valence electrons. The molecule has 1 aliphatic rings. The summed E-state index contributed by atoms with van der Waals surface area (Å²) in [7, 11) is 1.82. The van der Waals surface area contributed by atoms with Crippen LogP contribution in [0.2, 0.25) is 5.15 Å². The average Bonchev–Trinajstić information content (AvgIpc) is 3.29. The van der Waals surface area contributed by atoms with Crippen molar-refractivity contribution < 1.29 is 22.7 Å². The third-order valence-corrected chi connectivity index (χ3v) is 6.45. The molecule has 0 radical (unpaired) electrons. The first-order valence-corrected chi connectivity index (χ1v) is 11.1. The number of hydrogen-bond donors (Lipinski definition) is 2. The van der Waals surface area contributed by atoms with Gasteiger partial charge in [-0.2, -0.15) is 23.7 Å². The van der Waals surface area contributed by atoms with Gasteiger partial charge < -0.3 is 4.74 Å². The molecule has 2 N–H and O–H groups in total. The quantitative estimate of drug-likeness (QED) is 0.430. The molecule has 0 aliphatic carbocycles. The number of rotatable bonds is 7. The van der Waals surface area contributed by atoms with E-state index in [2.05, 4.69) is 20.2 Å². The summed E-state index contributed by atoms with van der Waals surface area (Å²) in [5.41, 5.74) is 2.76. The van der Waals surface area contributed by atoms with Crippen molar-refractivity contribution in [2.75, 3.05) is 11.6 Å². The van der Waals surface area contributed by atoms with Gasteiger partial charge >= 0.3 is 6.18 Å². The van der Waals surface area contributed by atoms with Crippen LogP contribution in [0.5, 0.6) is 0 Å². The summed E-state index contributed by atoms with van der Waals surface area (Å²) in [6, 6.07) is 3.07. The monoisotopic (exact) mass is 504 g/mol. The number of nitrogens with zero attached hydrogens (tertiary/aromatic N) is 4. The lowest BCUT2D eigenvalue weighted by molar-refractivity contribution is -0.230. The highest BCUT2D eigenvalue weighted by Gasteiger charge is 2.47. The van der Waals surface area contributed by atoms with Gasteiger partial charge in [0.25, 0.3) is 5.91 Å². The second kappa shape index (κ2) is 9.53. The first-order valence-electron chi connectivity index (χ1n) is 9.86. The van der Waals surface area contributed by atoms with Crippen molar-refractivity contribution in [1.29, 1.82) is 0 Å². The van der Waals surface area contributed by atoms with Crippen LogP contribution >= 0.6 is 23.5 Å². The van der Waals surface area contributed by atoms with Crippen molar-refractivity contribution >= 4 is 35.3 Å². The molecule has 13 heteroatoms. The summed E-state index contributed by atoms with van der Waals surface area (Å²) < 4.78 is 48.8. The Morgan fingerprint density at radius 2 is 2.03 bits per heavy atom. The van der Waals surface area contributed by atoms with Gasteiger partial charge in [-0.05, 0) is 57.9 Å². The Hall–Kier alpha value is -2.28. The Balaban J connectivity index is 1.59. The molecular formula is C20H24ClF3N6O2S. The first-order chi connectivity index (χ1) is 15.3. The van der Waals surface area contributed by atoms with E-state index in [9.17, 15) is 18.0 Å². The Bertz CT molecular complexity index is 1070. The number of pyridine rings is 1. The SMILES string of the molecule is Cc1nn(C)c(C)c1SNC(=O)c1ccc(N2C=CC(OCC(C)(C)C(F)(F)F)N2)nc1Cl. The van der Waals surface area contributed by atoms with Crippen molar-refractivity contribution in [3.8, 4) is 0 Å². The lowest BCUT2D eigenvalue weighted by atomic mass is 9.94.